The van der Waals surface area contributed by atoms with Crippen molar-refractivity contribution in [1.82, 2.24) is 16.1 Å². The highest BCUT2D eigenvalue weighted by molar-refractivity contribution is 14.1. The summed E-state index contributed by atoms with van der Waals surface area (Å²) in [6, 6.07) is 14.7. The fourth-order valence-corrected chi connectivity index (χ4v) is 5.34. The first-order valence-electron chi connectivity index (χ1n) is 13.7. The van der Waals surface area contributed by atoms with E-state index in [1.54, 1.807) is 43.5 Å². The zero-order valence-corrected chi connectivity index (χ0v) is 28.2. The zero-order valence-electron chi connectivity index (χ0n) is 24.5. The molecule has 1 heterocycles. The third-order valence-electron chi connectivity index (χ3n) is 6.44. The topological polar surface area (TPSA) is 140 Å². The van der Waals surface area contributed by atoms with Crippen molar-refractivity contribution >= 4 is 64.0 Å². The molecule has 11 nitrogen and oxygen atoms in total. The maximum atomic E-state index is 12.4. The average molecular weight is 769 g/mol. The quantitative estimate of drug-likeness (QED) is 0.0572. The molecular formula is C31H31Cl2IN4O7. The standard InChI is InChI=1S/C31H31Cl2IN4O7/c1-4-43-26-13-20(29-28(30(40)42-3)17(2)36-31(41)37-29)7-10-25(26)45-16-27(39)38-35-14-18-6-9-24(23(34)12-18)44-15-19-5-8-21(32)22(33)11-19/h5-14,27,29,38-39H,4,15-16H2,1-3H3,(H2,36,37,41)/b35-14-/t27-,29-/m1/s1. The molecule has 0 unspecified atom stereocenters. The second kappa shape index (κ2) is 16.0. The summed E-state index contributed by atoms with van der Waals surface area (Å²) in [5.41, 5.74) is 5.56. The largest absolute Gasteiger partial charge is 0.490 e. The predicted octanol–water partition coefficient (Wildman–Crippen LogP) is 5.70. The van der Waals surface area contributed by atoms with Gasteiger partial charge in [-0.05, 0) is 95.6 Å². The molecule has 0 saturated heterocycles. The molecule has 3 aromatic rings. The van der Waals surface area contributed by atoms with Crippen molar-refractivity contribution in [3.63, 3.8) is 0 Å². The van der Waals surface area contributed by atoms with Gasteiger partial charge in [0.05, 0.1) is 45.2 Å². The van der Waals surface area contributed by atoms with Gasteiger partial charge in [-0.3, -0.25) is 5.43 Å². The molecule has 45 heavy (non-hydrogen) atoms. The number of hydrogen-bond donors (Lipinski definition) is 4. The molecule has 3 aromatic carbocycles. The van der Waals surface area contributed by atoms with Crippen LogP contribution in [0.5, 0.6) is 17.2 Å². The Kier molecular flexibility index (Phi) is 12.2. The van der Waals surface area contributed by atoms with Crippen molar-refractivity contribution < 1.29 is 33.6 Å². The zero-order chi connectivity index (χ0) is 32.5. The van der Waals surface area contributed by atoms with E-state index in [1.807, 2.05) is 31.2 Å². The number of nitrogens with zero attached hydrogens (tertiary/aromatic N) is 1. The lowest BCUT2D eigenvalue weighted by atomic mass is 9.95. The van der Waals surface area contributed by atoms with Crippen LogP contribution in [0.25, 0.3) is 0 Å². The van der Waals surface area contributed by atoms with Crippen LogP contribution in [0.1, 0.15) is 36.6 Å². The molecule has 2 atom stereocenters. The second-order valence-electron chi connectivity index (χ2n) is 9.64. The van der Waals surface area contributed by atoms with E-state index in [9.17, 15) is 14.7 Å². The highest BCUT2D eigenvalue weighted by Gasteiger charge is 2.32. The molecule has 0 spiro atoms. The Morgan fingerprint density at radius 1 is 1.07 bits per heavy atom. The first-order valence-corrected chi connectivity index (χ1v) is 15.5. The molecule has 0 radical (unpaired) electrons. The number of halogens is 3. The van der Waals surface area contributed by atoms with Gasteiger partial charge in [-0.1, -0.05) is 35.3 Å². The lowest BCUT2D eigenvalue weighted by molar-refractivity contribution is -0.136. The Hall–Kier alpha value is -3.72. The second-order valence-corrected chi connectivity index (χ2v) is 11.6. The number of urea groups is 1. The summed E-state index contributed by atoms with van der Waals surface area (Å²) in [7, 11) is 1.27. The van der Waals surface area contributed by atoms with E-state index < -0.39 is 24.3 Å². The minimum atomic E-state index is -1.14. The minimum Gasteiger partial charge on any atom is -0.490 e. The van der Waals surface area contributed by atoms with Crippen molar-refractivity contribution in [3.05, 3.63) is 96.2 Å². The van der Waals surface area contributed by atoms with Gasteiger partial charge >= 0.3 is 12.0 Å². The Bertz CT molecular complexity index is 1620. The lowest BCUT2D eigenvalue weighted by Gasteiger charge is -2.28. The summed E-state index contributed by atoms with van der Waals surface area (Å²) in [5, 5.41) is 20.8. The third kappa shape index (κ3) is 9.16. The number of carbonyl (C=O) groups excluding carboxylic acids is 2. The molecule has 1 aliphatic heterocycles. The van der Waals surface area contributed by atoms with Gasteiger partial charge in [0.1, 0.15) is 19.0 Å². The molecule has 0 bridgehead atoms. The van der Waals surface area contributed by atoms with Crippen molar-refractivity contribution in [2.24, 2.45) is 5.10 Å². The Balaban J connectivity index is 1.34. The predicted molar refractivity (Wildman–Crippen MR) is 179 cm³/mol. The smallest absolute Gasteiger partial charge is 0.337 e. The summed E-state index contributed by atoms with van der Waals surface area (Å²) < 4.78 is 23.2. The van der Waals surface area contributed by atoms with E-state index in [2.05, 4.69) is 43.8 Å². The maximum Gasteiger partial charge on any atom is 0.337 e. The molecule has 0 aromatic heterocycles. The fraction of sp³-hybridized carbons (Fsp3) is 0.258. The van der Waals surface area contributed by atoms with E-state index >= 15 is 0 Å². The van der Waals surface area contributed by atoms with Gasteiger partial charge in [-0.15, -0.1) is 0 Å². The maximum absolute atomic E-state index is 12.4. The molecule has 4 N–H and O–H groups in total. The highest BCUT2D eigenvalue weighted by atomic mass is 127. The summed E-state index contributed by atoms with van der Waals surface area (Å²) in [6.45, 7) is 3.96. The van der Waals surface area contributed by atoms with E-state index in [4.69, 9.17) is 42.1 Å². The van der Waals surface area contributed by atoms with Crippen LogP contribution in [0, 0.1) is 3.57 Å². The van der Waals surface area contributed by atoms with Crippen LogP contribution < -0.4 is 30.3 Å². The number of carbonyl (C=O) groups is 2. The summed E-state index contributed by atoms with van der Waals surface area (Å²) in [6.07, 6.45) is 0.430. The number of hydrazone groups is 1. The van der Waals surface area contributed by atoms with Crippen molar-refractivity contribution in [2.45, 2.75) is 32.7 Å². The van der Waals surface area contributed by atoms with Gasteiger partial charge in [-0.2, -0.15) is 5.10 Å². The van der Waals surface area contributed by atoms with E-state index in [1.165, 1.54) is 7.11 Å². The van der Waals surface area contributed by atoms with E-state index in [0.29, 0.717) is 51.8 Å². The van der Waals surface area contributed by atoms with Crippen molar-refractivity contribution in [2.75, 3.05) is 20.3 Å². The normalized spacial score (nSPS) is 15.3. The number of hydrogen-bond acceptors (Lipinski definition) is 9. The molecule has 0 fully saturated rings. The minimum absolute atomic E-state index is 0.147. The lowest BCUT2D eigenvalue weighted by Crippen LogP contribution is -2.45. The SMILES string of the molecule is CCOc1cc([C@H]2NC(=O)NC(C)=C2C(=O)OC)ccc1OC[C@@H](O)N/N=C\c1ccc(OCc2ccc(Cl)c(Cl)c2)c(I)c1. The fourth-order valence-electron chi connectivity index (χ4n) is 4.32. The van der Waals surface area contributed by atoms with Crippen LogP contribution in [0.4, 0.5) is 4.79 Å². The van der Waals surface area contributed by atoms with Gasteiger partial charge in [0.15, 0.2) is 17.7 Å². The molecule has 4 rings (SSSR count). The molecule has 0 aliphatic carbocycles. The van der Waals surface area contributed by atoms with Crippen LogP contribution >= 0.6 is 45.8 Å². The van der Waals surface area contributed by atoms with E-state index in [0.717, 1.165) is 14.7 Å². The number of allylic oxidation sites excluding steroid dienone is 1. The molecule has 2 amide bonds. The third-order valence-corrected chi connectivity index (χ3v) is 8.03. The van der Waals surface area contributed by atoms with Crippen LogP contribution in [-0.4, -0.2) is 49.9 Å². The number of methoxy groups -OCH3 is 1. The van der Waals surface area contributed by atoms with Crippen molar-refractivity contribution in [1.29, 1.82) is 0 Å². The molecule has 238 valence electrons. The molecule has 14 heteroatoms. The highest BCUT2D eigenvalue weighted by Crippen LogP contribution is 2.35. The Morgan fingerprint density at radius 3 is 2.56 bits per heavy atom. The van der Waals surface area contributed by atoms with Crippen molar-refractivity contribution in [3.8, 4) is 17.2 Å². The van der Waals surface area contributed by atoms with Gasteiger partial charge in [-0.25, -0.2) is 9.59 Å². The molecule has 0 saturated carbocycles. The van der Waals surface area contributed by atoms with Gasteiger partial charge < -0.3 is 34.7 Å². The first-order chi connectivity index (χ1) is 21.6. The number of aliphatic hydroxyl groups excluding tert-OH is 1. The van der Waals surface area contributed by atoms with Crippen LogP contribution in [0.3, 0.4) is 0 Å². The molecule has 1 aliphatic rings. The summed E-state index contributed by atoms with van der Waals surface area (Å²) in [4.78, 5) is 24.6. The number of esters is 1. The Labute approximate surface area is 284 Å². The molecular weight excluding hydrogens is 738 g/mol. The van der Waals surface area contributed by atoms with Crippen LogP contribution in [-0.2, 0) is 16.1 Å². The number of rotatable bonds is 13. The summed E-state index contributed by atoms with van der Waals surface area (Å²) >= 11 is 14.2. The number of ether oxygens (including phenoxy) is 4. The van der Waals surface area contributed by atoms with Gasteiger partial charge in [0.25, 0.3) is 0 Å². The monoisotopic (exact) mass is 768 g/mol. The number of amides is 2. The van der Waals surface area contributed by atoms with Gasteiger partial charge in [0.2, 0.25) is 0 Å². The van der Waals surface area contributed by atoms with Gasteiger partial charge in [0, 0.05) is 5.70 Å². The average Bonchev–Trinajstić information content (AvgIpc) is 3.01. The van der Waals surface area contributed by atoms with Crippen LogP contribution in [0.15, 0.2) is 71.0 Å². The number of nitrogens with one attached hydrogen (secondary N) is 3. The first kappa shape index (κ1) is 34.2. The summed E-state index contributed by atoms with van der Waals surface area (Å²) in [5.74, 6) is 0.858. The van der Waals surface area contributed by atoms with E-state index in [-0.39, 0.29) is 12.2 Å². The number of aliphatic hydroxyl groups is 1. The number of benzene rings is 3. The Morgan fingerprint density at radius 2 is 1.84 bits per heavy atom. The van der Waals surface area contributed by atoms with Crippen LogP contribution in [0.2, 0.25) is 10.0 Å².